The van der Waals surface area contributed by atoms with Crippen LogP contribution < -0.4 is 5.73 Å². The zero-order valence-electron chi connectivity index (χ0n) is 12.1. The minimum Gasteiger partial charge on any atom is -0.330 e. The summed E-state index contributed by atoms with van der Waals surface area (Å²) in [7, 11) is 0. The molecule has 0 fully saturated rings. The van der Waals surface area contributed by atoms with E-state index in [0.29, 0.717) is 12.5 Å². The molecule has 1 unspecified atom stereocenters. The molecule has 0 saturated heterocycles. The van der Waals surface area contributed by atoms with E-state index in [9.17, 15) is 0 Å². The summed E-state index contributed by atoms with van der Waals surface area (Å²) >= 11 is 0. The van der Waals surface area contributed by atoms with Crippen LogP contribution >= 0.6 is 0 Å². The Balaban J connectivity index is 2.21. The molecule has 1 aromatic carbocycles. The van der Waals surface area contributed by atoms with E-state index in [2.05, 4.69) is 54.0 Å². The second kappa shape index (κ2) is 6.02. The highest BCUT2D eigenvalue weighted by atomic mass is 15.3. The van der Waals surface area contributed by atoms with Crippen molar-refractivity contribution in [1.82, 2.24) is 9.78 Å². The van der Waals surface area contributed by atoms with Crippen molar-refractivity contribution in [3.05, 3.63) is 52.8 Å². The summed E-state index contributed by atoms with van der Waals surface area (Å²) in [6, 6.07) is 10.8. The van der Waals surface area contributed by atoms with Crippen LogP contribution in [0, 0.1) is 13.8 Å². The average molecular weight is 257 g/mol. The van der Waals surface area contributed by atoms with Crippen LogP contribution in [0.15, 0.2) is 30.3 Å². The third-order valence-corrected chi connectivity index (χ3v) is 3.57. The molecule has 2 rings (SSSR count). The van der Waals surface area contributed by atoms with E-state index in [0.717, 1.165) is 18.7 Å². The fourth-order valence-corrected chi connectivity index (χ4v) is 2.47. The van der Waals surface area contributed by atoms with Gasteiger partial charge in [-0.25, -0.2) is 0 Å². The third kappa shape index (κ3) is 3.24. The first kappa shape index (κ1) is 13.8. The molecule has 0 saturated carbocycles. The SMILES string of the molecule is CCn1nc(C)cc1CC(CN)c1ccc(C)cc1. The largest absolute Gasteiger partial charge is 0.330 e. The van der Waals surface area contributed by atoms with Crippen molar-refractivity contribution < 1.29 is 0 Å². The van der Waals surface area contributed by atoms with Gasteiger partial charge in [0.2, 0.25) is 0 Å². The van der Waals surface area contributed by atoms with Crippen LogP contribution in [0.25, 0.3) is 0 Å². The van der Waals surface area contributed by atoms with Gasteiger partial charge < -0.3 is 5.73 Å². The highest BCUT2D eigenvalue weighted by Crippen LogP contribution is 2.21. The Morgan fingerprint density at radius 3 is 2.47 bits per heavy atom. The predicted molar refractivity (Wildman–Crippen MR) is 79.3 cm³/mol. The Kier molecular flexibility index (Phi) is 4.38. The van der Waals surface area contributed by atoms with Crippen molar-refractivity contribution >= 4 is 0 Å². The summed E-state index contributed by atoms with van der Waals surface area (Å²) in [6.45, 7) is 7.85. The summed E-state index contributed by atoms with van der Waals surface area (Å²) in [6.07, 6.45) is 0.953. The van der Waals surface area contributed by atoms with Crippen LogP contribution in [-0.2, 0) is 13.0 Å². The Morgan fingerprint density at radius 2 is 1.89 bits per heavy atom. The molecule has 19 heavy (non-hydrogen) atoms. The predicted octanol–water partition coefficient (Wildman–Crippen LogP) is 2.80. The number of hydrogen-bond acceptors (Lipinski definition) is 2. The van der Waals surface area contributed by atoms with Crippen molar-refractivity contribution in [3.8, 4) is 0 Å². The Hall–Kier alpha value is -1.61. The molecule has 0 aliphatic rings. The Morgan fingerprint density at radius 1 is 1.21 bits per heavy atom. The minimum atomic E-state index is 0.363. The summed E-state index contributed by atoms with van der Waals surface area (Å²) in [4.78, 5) is 0. The fraction of sp³-hybridized carbons (Fsp3) is 0.438. The molecule has 0 radical (unpaired) electrons. The third-order valence-electron chi connectivity index (χ3n) is 3.57. The molecule has 0 amide bonds. The molecule has 0 spiro atoms. The van der Waals surface area contributed by atoms with Gasteiger partial charge in [-0.1, -0.05) is 29.8 Å². The molecular formula is C16H23N3. The lowest BCUT2D eigenvalue weighted by molar-refractivity contribution is 0.583. The van der Waals surface area contributed by atoms with E-state index in [1.54, 1.807) is 0 Å². The van der Waals surface area contributed by atoms with Gasteiger partial charge in [-0.15, -0.1) is 0 Å². The molecule has 0 aliphatic carbocycles. The number of benzene rings is 1. The van der Waals surface area contributed by atoms with E-state index >= 15 is 0 Å². The van der Waals surface area contributed by atoms with Gasteiger partial charge in [0.15, 0.2) is 0 Å². The van der Waals surface area contributed by atoms with Gasteiger partial charge in [-0.05, 0) is 45.4 Å². The van der Waals surface area contributed by atoms with E-state index in [1.165, 1.54) is 16.8 Å². The smallest absolute Gasteiger partial charge is 0.0596 e. The van der Waals surface area contributed by atoms with Gasteiger partial charge >= 0.3 is 0 Å². The first-order valence-electron chi connectivity index (χ1n) is 6.94. The summed E-state index contributed by atoms with van der Waals surface area (Å²) in [5.74, 6) is 0.363. The lowest BCUT2D eigenvalue weighted by atomic mass is 9.93. The fourth-order valence-electron chi connectivity index (χ4n) is 2.47. The number of aromatic nitrogens is 2. The summed E-state index contributed by atoms with van der Waals surface area (Å²) in [5.41, 5.74) is 10.9. The molecule has 3 nitrogen and oxygen atoms in total. The van der Waals surface area contributed by atoms with Gasteiger partial charge in [0.1, 0.15) is 0 Å². The molecular weight excluding hydrogens is 234 g/mol. The maximum Gasteiger partial charge on any atom is 0.0596 e. The first-order valence-corrected chi connectivity index (χ1v) is 6.94. The van der Waals surface area contributed by atoms with Crippen molar-refractivity contribution in [2.45, 2.75) is 39.7 Å². The van der Waals surface area contributed by atoms with Gasteiger partial charge in [0.05, 0.1) is 5.69 Å². The second-order valence-electron chi connectivity index (χ2n) is 5.14. The van der Waals surface area contributed by atoms with E-state index in [-0.39, 0.29) is 0 Å². The molecule has 102 valence electrons. The standard InChI is InChI=1S/C16H23N3/c1-4-19-16(9-13(3)18-19)10-15(11-17)14-7-5-12(2)6-8-14/h5-9,15H,4,10-11,17H2,1-3H3. The quantitative estimate of drug-likeness (QED) is 0.895. The monoisotopic (exact) mass is 257 g/mol. The molecule has 1 atom stereocenters. The molecule has 2 aromatic rings. The van der Waals surface area contributed by atoms with E-state index in [1.807, 2.05) is 6.92 Å². The molecule has 1 heterocycles. The van der Waals surface area contributed by atoms with Crippen LogP contribution in [0.1, 0.15) is 35.4 Å². The zero-order valence-corrected chi connectivity index (χ0v) is 12.1. The Labute approximate surface area is 115 Å². The van der Waals surface area contributed by atoms with E-state index < -0.39 is 0 Å². The van der Waals surface area contributed by atoms with Crippen LogP contribution in [0.4, 0.5) is 0 Å². The van der Waals surface area contributed by atoms with Crippen LogP contribution in [0.5, 0.6) is 0 Å². The van der Waals surface area contributed by atoms with Gasteiger partial charge in [-0.2, -0.15) is 5.10 Å². The van der Waals surface area contributed by atoms with Gasteiger partial charge in [0.25, 0.3) is 0 Å². The topological polar surface area (TPSA) is 43.8 Å². The highest BCUT2D eigenvalue weighted by molar-refractivity contribution is 5.26. The number of aryl methyl sites for hydroxylation is 3. The lowest BCUT2D eigenvalue weighted by Gasteiger charge is -2.16. The lowest BCUT2D eigenvalue weighted by Crippen LogP contribution is -2.17. The molecule has 1 aromatic heterocycles. The van der Waals surface area contributed by atoms with Crippen molar-refractivity contribution in [2.24, 2.45) is 5.73 Å². The molecule has 0 bridgehead atoms. The molecule has 2 N–H and O–H groups in total. The minimum absolute atomic E-state index is 0.363. The Bertz CT molecular complexity index is 525. The summed E-state index contributed by atoms with van der Waals surface area (Å²) < 4.78 is 2.08. The van der Waals surface area contributed by atoms with Crippen molar-refractivity contribution in [3.63, 3.8) is 0 Å². The molecule has 3 heteroatoms. The van der Waals surface area contributed by atoms with Crippen molar-refractivity contribution in [2.75, 3.05) is 6.54 Å². The van der Waals surface area contributed by atoms with Crippen LogP contribution in [0.3, 0.4) is 0 Å². The first-order chi connectivity index (χ1) is 9.13. The number of nitrogens with two attached hydrogens (primary N) is 1. The normalized spacial score (nSPS) is 12.6. The second-order valence-corrected chi connectivity index (χ2v) is 5.14. The van der Waals surface area contributed by atoms with Crippen LogP contribution in [-0.4, -0.2) is 16.3 Å². The highest BCUT2D eigenvalue weighted by Gasteiger charge is 2.14. The number of hydrogen-bond donors (Lipinski definition) is 1. The number of rotatable bonds is 5. The van der Waals surface area contributed by atoms with Crippen LogP contribution in [0.2, 0.25) is 0 Å². The molecule has 0 aliphatic heterocycles. The zero-order chi connectivity index (χ0) is 13.8. The van der Waals surface area contributed by atoms with Gasteiger partial charge in [-0.3, -0.25) is 4.68 Å². The average Bonchev–Trinajstić information content (AvgIpc) is 2.77. The van der Waals surface area contributed by atoms with Gasteiger partial charge in [0, 0.05) is 18.2 Å². The maximum atomic E-state index is 5.96. The number of nitrogens with zero attached hydrogens (tertiary/aromatic N) is 2. The van der Waals surface area contributed by atoms with Crippen molar-refractivity contribution in [1.29, 1.82) is 0 Å². The summed E-state index contributed by atoms with van der Waals surface area (Å²) in [5, 5.41) is 4.50. The maximum absolute atomic E-state index is 5.96. The van der Waals surface area contributed by atoms with E-state index in [4.69, 9.17) is 5.73 Å².